The minimum absolute atomic E-state index is 0.000711. The fourth-order valence-corrected chi connectivity index (χ4v) is 3.22. The number of likely N-dealkylation sites (tertiary alicyclic amines) is 1. The van der Waals surface area contributed by atoms with Crippen LogP contribution in [0.4, 0.5) is 0 Å². The van der Waals surface area contributed by atoms with Crippen molar-refractivity contribution in [3.05, 3.63) is 54.6 Å². The molecule has 8 nitrogen and oxygen atoms in total. The third-order valence-electron chi connectivity index (χ3n) is 4.56. The average molecular weight is 349 g/mol. The molecule has 8 heteroatoms. The molecular formula is C18H19N7O. The second kappa shape index (κ2) is 7.38. The van der Waals surface area contributed by atoms with Gasteiger partial charge in [0.25, 0.3) is 0 Å². The van der Waals surface area contributed by atoms with Gasteiger partial charge in [0.05, 0.1) is 0 Å². The Morgan fingerprint density at radius 2 is 2.08 bits per heavy atom. The van der Waals surface area contributed by atoms with Gasteiger partial charge in [-0.1, -0.05) is 30.3 Å². The maximum absolute atomic E-state index is 12.7. The van der Waals surface area contributed by atoms with E-state index in [1.807, 2.05) is 41.3 Å². The van der Waals surface area contributed by atoms with Crippen molar-refractivity contribution >= 4 is 5.91 Å². The summed E-state index contributed by atoms with van der Waals surface area (Å²) in [5, 5.41) is 12.4. The highest BCUT2D eigenvalue weighted by Gasteiger charge is 2.26. The normalized spacial score (nSPS) is 17.2. The number of carbonyl (C=O) groups excluding carboxylic acids is 1. The fraction of sp³-hybridized carbons (Fsp3) is 0.333. The fourth-order valence-electron chi connectivity index (χ4n) is 3.22. The number of nitrogens with zero attached hydrogens (tertiary/aromatic N) is 7. The molecule has 2 aromatic heterocycles. The van der Waals surface area contributed by atoms with E-state index in [1.54, 1.807) is 12.5 Å². The maximum atomic E-state index is 12.7. The third-order valence-corrected chi connectivity index (χ3v) is 4.56. The maximum Gasteiger partial charge on any atom is 0.246 e. The predicted molar refractivity (Wildman–Crippen MR) is 93.8 cm³/mol. The first-order valence-corrected chi connectivity index (χ1v) is 8.66. The van der Waals surface area contributed by atoms with Crippen LogP contribution >= 0.6 is 0 Å². The van der Waals surface area contributed by atoms with E-state index in [9.17, 15) is 4.79 Å². The highest BCUT2D eigenvalue weighted by molar-refractivity contribution is 5.76. The van der Waals surface area contributed by atoms with Crippen LogP contribution < -0.4 is 0 Å². The van der Waals surface area contributed by atoms with Crippen LogP contribution in [0.3, 0.4) is 0 Å². The quantitative estimate of drug-likeness (QED) is 0.710. The second-order valence-corrected chi connectivity index (χ2v) is 6.32. The number of piperidine rings is 1. The van der Waals surface area contributed by atoms with Gasteiger partial charge in [-0.05, 0) is 24.1 Å². The number of amides is 1. The number of hydrogen-bond donors (Lipinski definition) is 0. The Bertz CT molecular complexity index is 866. The Balaban J connectivity index is 1.41. The van der Waals surface area contributed by atoms with E-state index in [0.29, 0.717) is 12.4 Å². The lowest BCUT2D eigenvalue weighted by Crippen LogP contribution is -2.41. The van der Waals surface area contributed by atoms with Crippen LogP contribution in [0, 0.1) is 0 Å². The molecule has 1 aliphatic rings. The molecule has 0 N–H and O–H groups in total. The van der Waals surface area contributed by atoms with Crippen molar-refractivity contribution in [1.82, 2.24) is 35.1 Å². The van der Waals surface area contributed by atoms with Gasteiger partial charge in [-0.3, -0.25) is 4.79 Å². The summed E-state index contributed by atoms with van der Waals surface area (Å²) < 4.78 is 0. The summed E-state index contributed by atoms with van der Waals surface area (Å²) >= 11 is 0. The SMILES string of the molecule is O=C(Cn1nnc(-c2ccccc2)n1)N1CCC[C@H](c2ccncn2)C1. The first kappa shape index (κ1) is 16.3. The van der Waals surface area contributed by atoms with Gasteiger partial charge in [0.1, 0.15) is 12.9 Å². The number of rotatable bonds is 4. The molecule has 3 aromatic rings. The Morgan fingerprint density at radius 3 is 2.88 bits per heavy atom. The monoisotopic (exact) mass is 349 g/mol. The molecule has 1 saturated heterocycles. The first-order chi connectivity index (χ1) is 12.8. The van der Waals surface area contributed by atoms with Gasteiger partial charge in [0.15, 0.2) is 0 Å². The van der Waals surface area contributed by atoms with Gasteiger partial charge in [0, 0.05) is 36.5 Å². The van der Waals surface area contributed by atoms with E-state index in [0.717, 1.165) is 30.6 Å². The third kappa shape index (κ3) is 3.58. The van der Waals surface area contributed by atoms with Crippen molar-refractivity contribution in [2.45, 2.75) is 25.3 Å². The predicted octanol–water partition coefficient (Wildman–Crippen LogP) is 1.54. The van der Waals surface area contributed by atoms with Gasteiger partial charge >= 0.3 is 0 Å². The van der Waals surface area contributed by atoms with Crippen LogP contribution in [0.25, 0.3) is 11.4 Å². The van der Waals surface area contributed by atoms with Gasteiger partial charge in [-0.2, -0.15) is 4.80 Å². The van der Waals surface area contributed by atoms with E-state index in [1.165, 1.54) is 4.80 Å². The van der Waals surface area contributed by atoms with Crippen LogP contribution in [0.2, 0.25) is 0 Å². The molecule has 0 bridgehead atoms. The molecule has 4 rings (SSSR count). The molecule has 1 atom stereocenters. The van der Waals surface area contributed by atoms with E-state index in [-0.39, 0.29) is 18.4 Å². The van der Waals surface area contributed by atoms with Crippen LogP contribution in [0.1, 0.15) is 24.5 Å². The zero-order valence-electron chi connectivity index (χ0n) is 14.3. The zero-order chi connectivity index (χ0) is 17.8. The Labute approximate surface area is 150 Å². The molecular weight excluding hydrogens is 330 g/mol. The molecule has 1 aromatic carbocycles. The van der Waals surface area contributed by atoms with E-state index < -0.39 is 0 Å². The van der Waals surface area contributed by atoms with E-state index >= 15 is 0 Å². The van der Waals surface area contributed by atoms with E-state index in [4.69, 9.17) is 0 Å². The lowest BCUT2D eigenvalue weighted by Gasteiger charge is -2.32. The molecule has 132 valence electrons. The zero-order valence-corrected chi connectivity index (χ0v) is 14.3. The standard InChI is InChI=1S/C18H19N7O/c26-17(12-25-22-18(21-23-25)14-5-2-1-3-6-14)24-10-4-7-15(11-24)16-8-9-19-13-20-16/h1-3,5-6,8-9,13,15H,4,7,10-12H2/t15-/m0/s1. The lowest BCUT2D eigenvalue weighted by atomic mass is 9.94. The number of tetrazole rings is 1. The van der Waals surface area contributed by atoms with Gasteiger partial charge in [-0.15, -0.1) is 10.2 Å². The number of hydrogen-bond acceptors (Lipinski definition) is 6. The van der Waals surface area contributed by atoms with Crippen molar-refractivity contribution in [2.75, 3.05) is 13.1 Å². The molecule has 0 unspecified atom stereocenters. The molecule has 0 spiro atoms. The molecule has 26 heavy (non-hydrogen) atoms. The highest BCUT2D eigenvalue weighted by atomic mass is 16.2. The minimum Gasteiger partial charge on any atom is -0.340 e. The van der Waals surface area contributed by atoms with Gasteiger partial charge in [0.2, 0.25) is 11.7 Å². The Hall–Kier alpha value is -3.16. The summed E-state index contributed by atoms with van der Waals surface area (Å²) in [6, 6.07) is 11.5. The molecule has 0 radical (unpaired) electrons. The summed E-state index contributed by atoms with van der Waals surface area (Å²) in [6.07, 6.45) is 5.29. The molecule has 0 aliphatic carbocycles. The first-order valence-electron chi connectivity index (χ1n) is 8.66. The summed E-state index contributed by atoms with van der Waals surface area (Å²) in [6.45, 7) is 1.51. The topological polar surface area (TPSA) is 89.7 Å². The Morgan fingerprint density at radius 1 is 1.19 bits per heavy atom. The molecule has 1 fully saturated rings. The number of benzene rings is 1. The van der Waals surface area contributed by atoms with Gasteiger partial charge in [-0.25, -0.2) is 9.97 Å². The van der Waals surface area contributed by atoms with Crippen molar-refractivity contribution < 1.29 is 4.79 Å². The van der Waals surface area contributed by atoms with Crippen LogP contribution in [0.15, 0.2) is 48.9 Å². The summed E-state index contributed by atoms with van der Waals surface area (Å²) in [5.74, 6) is 0.774. The van der Waals surface area contributed by atoms with Crippen LogP contribution in [-0.4, -0.2) is 54.1 Å². The second-order valence-electron chi connectivity index (χ2n) is 6.32. The van der Waals surface area contributed by atoms with E-state index in [2.05, 4.69) is 25.4 Å². The summed E-state index contributed by atoms with van der Waals surface area (Å²) in [5.41, 5.74) is 1.87. The molecule has 1 aliphatic heterocycles. The smallest absolute Gasteiger partial charge is 0.246 e. The summed E-state index contributed by atoms with van der Waals surface area (Å²) in [4.78, 5) is 24.2. The van der Waals surface area contributed by atoms with Crippen molar-refractivity contribution in [2.24, 2.45) is 0 Å². The van der Waals surface area contributed by atoms with Crippen LogP contribution in [-0.2, 0) is 11.3 Å². The van der Waals surface area contributed by atoms with Crippen LogP contribution in [0.5, 0.6) is 0 Å². The average Bonchev–Trinajstić information content (AvgIpc) is 3.18. The Kier molecular flexibility index (Phi) is 4.63. The van der Waals surface area contributed by atoms with Crippen molar-refractivity contribution in [3.8, 4) is 11.4 Å². The molecule has 0 saturated carbocycles. The van der Waals surface area contributed by atoms with Crippen molar-refractivity contribution in [3.63, 3.8) is 0 Å². The molecule has 3 heterocycles. The van der Waals surface area contributed by atoms with Gasteiger partial charge < -0.3 is 4.90 Å². The lowest BCUT2D eigenvalue weighted by molar-refractivity contribution is -0.133. The summed E-state index contributed by atoms with van der Waals surface area (Å²) in [7, 11) is 0. The largest absolute Gasteiger partial charge is 0.340 e. The van der Waals surface area contributed by atoms with Crippen molar-refractivity contribution in [1.29, 1.82) is 0 Å². The molecule has 1 amide bonds. The highest BCUT2D eigenvalue weighted by Crippen LogP contribution is 2.25. The minimum atomic E-state index is 0.000711. The number of aromatic nitrogens is 6. The number of carbonyl (C=O) groups is 1.